The molecule has 0 aliphatic rings. The van der Waals surface area contributed by atoms with Gasteiger partial charge in [-0.15, -0.1) is 0 Å². The van der Waals surface area contributed by atoms with Gasteiger partial charge in [-0.25, -0.2) is 0 Å². The van der Waals surface area contributed by atoms with Crippen LogP contribution in [-0.4, -0.2) is 32.5 Å². The lowest BCUT2D eigenvalue weighted by Crippen LogP contribution is -2.28. The van der Waals surface area contributed by atoms with Gasteiger partial charge in [-0.3, -0.25) is 0 Å². The number of benzene rings is 2. The smallest absolute Gasteiger partial charge is 0.171 e. The van der Waals surface area contributed by atoms with Gasteiger partial charge in [0.2, 0.25) is 0 Å². The summed E-state index contributed by atoms with van der Waals surface area (Å²) in [6.07, 6.45) is 0. The van der Waals surface area contributed by atoms with Crippen LogP contribution in [-0.2, 0) is 6.54 Å². The minimum Gasteiger partial charge on any atom is -0.497 e. The zero-order valence-electron chi connectivity index (χ0n) is 16.1. The molecule has 6 nitrogen and oxygen atoms in total. The van der Waals surface area contributed by atoms with E-state index in [1.165, 1.54) is 0 Å². The summed E-state index contributed by atoms with van der Waals surface area (Å²) in [5.74, 6) is 2.87. The molecule has 2 aromatic carbocycles. The van der Waals surface area contributed by atoms with Gasteiger partial charge >= 0.3 is 0 Å². The van der Waals surface area contributed by atoms with Gasteiger partial charge in [0.15, 0.2) is 16.6 Å². The van der Waals surface area contributed by atoms with Crippen LogP contribution in [0.15, 0.2) is 36.4 Å². The normalized spacial score (nSPS) is 10.1. The summed E-state index contributed by atoms with van der Waals surface area (Å²) < 4.78 is 21.8. The van der Waals surface area contributed by atoms with Crippen molar-refractivity contribution in [1.82, 2.24) is 5.32 Å². The Hall–Kier alpha value is -2.67. The van der Waals surface area contributed by atoms with Crippen molar-refractivity contribution in [2.24, 2.45) is 0 Å². The van der Waals surface area contributed by atoms with Gasteiger partial charge in [0, 0.05) is 12.6 Å². The Morgan fingerprint density at radius 2 is 1.59 bits per heavy atom. The maximum atomic E-state index is 5.66. The highest BCUT2D eigenvalue weighted by Crippen LogP contribution is 2.30. The van der Waals surface area contributed by atoms with Crippen LogP contribution in [0, 0.1) is 0 Å². The van der Waals surface area contributed by atoms with Gasteiger partial charge < -0.3 is 29.6 Å². The third kappa shape index (κ3) is 5.92. The highest BCUT2D eigenvalue weighted by molar-refractivity contribution is 7.80. The Bertz CT molecular complexity index is 768. The van der Waals surface area contributed by atoms with E-state index in [-0.39, 0.29) is 0 Å². The molecular formula is C20H26N2O4S. The minimum atomic E-state index is 0.480. The van der Waals surface area contributed by atoms with E-state index in [9.17, 15) is 0 Å². The van der Waals surface area contributed by atoms with Crippen LogP contribution in [0.4, 0.5) is 5.69 Å². The van der Waals surface area contributed by atoms with E-state index in [2.05, 4.69) is 10.6 Å². The van der Waals surface area contributed by atoms with Crippen LogP contribution >= 0.6 is 12.2 Å². The Kier molecular flexibility index (Phi) is 8.00. The van der Waals surface area contributed by atoms with Gasteiger partial charge in [0.25, 0.3) is 0 Å². The van der Waals surface area contributed by atoms with Crippen molar-refractivity contribution in [3.63, 3.8) is 0 Å². The molecule has 27 heavy (non-hydrogen) atoms. The van der Waals surface area contributed by atoms with Gasteiger partial charge in [0.1, 0.15) is 11.5 Å². The molecule has 0 aromatic heterocycles. The lowest BCUT2D eigenvalue weighted by Gasteiger charge is -2.15. The average Bonchev–Trinajstić information content (AvgIpc) is 2.68. The number of ether oxygens (including phenoxy) is 4. The molecule has 0 unspecified atom stereocenters. The third-order valence-electron chi connectivity index (χ3n) is 3.72. The summed E-state index contributed by atoms with van der Waals surface area (Å²) in [5, 5.41) is 6.80. The Balaban J connectivity index is 2.02. The fourth-order valence-corrected chi connectivity index (χ4v) is 2.65. The van der Waals surface area contributed by atoms with Crippen molar-refractivity contribution in [2.45, 2.75) is 20.4 Å². The predicted octanol–water partition coefficient (Wildman–Crippen LogP) is 3.99. The Labute approximate surface area is 165 Å². The molecule has 0 fully saturated rings. The first kappa shape index (κ1) is 20.6. The summed E-state index contributed by atoms with van der Waals surface area (Å²) in [6.45, 7) is 5.61. The summed E-state index contributed by atoms with van der Waals surface area (Å²) in [5.41, 5.74) is 1.76. The minimum absolute atomic E-state index is 0.480. The summed E-state index contributed by atoms with van der Waals surface area (Å²) in [7, 11) is 3.22. The molecule has 0 saturated heterocycles. The molecule has 2 aromatic rings. The van der Waals surface area contributed by atoms with Crippen LogP contribution in [0.3, 0.4) is 0 Å². The molecule has 0 aliphatic heterocycles. The number of thiocarbonyl (C=S) groups is 1. The fourth-order valence-electron chi connectivity index (χ4n) is 2.47. The van der Waals surface area contributed by atoms with E-state index in [0.29, 0.717) is 36.4 Å². The summed E-state index contributed by atoms with van der Waals surface area (Å²) in [4.78, 5) is 0. The number of methoxy groups -OCH3 is 2. The molecule has 0 radical (unpaired) electrons. The number of anilines is 1. The number of hydrogen-bond acceptors (Lipinski definition) is 5. The third-order valence-corrected chi connectivity index (χ3v) is 3.96. The zero-order valence-corrected chi connectivity index (χ0v) is 16.9. The monoisotopic (exact) mass is 390 g/mol. The number of nitrogens with one attached hydrogen (secondary N) is 2. The molecule has 0 aliphatic carbocycles. The SMILES string of the molecule is CCOc1ccc(CNC(=S)Nc2cc(OC)ccc2OC)cc1OCC. The fraction of sp³-hybridized carbons (Fsp3) is 0.350. The molecule has 0 bridgehead atoms. The van der Waals surface area contributed by atoms with E-state index < -0.39 is 0 Å². The van der Waals surface area contributed by atoms with Crippen molar-refractivity contribution in [3.8, 4) is 23.0 Å². The van der Waals surface area contributed by atoms with Crippen molar-refractivity contribution in [1.29, 1.82) is 0 Å². The van der Waals surface area contributed by atoms with Gasteiger partial charge in [0.05, 0.1) is 33.1 Å². The van der Waals surface area contributed by atoms with Gasteiger partial charge in [-0.1, -0.05) is 6.07 Å². The van der Waals surface area contributed by atoms with Crippen LogP contribution in [0.1, 0.15) is 19.4 Å². The quantitative estimate of drug-likeness (QED) is 0.628. The van der Waals surface area contributed by atoms with Crippen molar-refractivity contribution < 1.29 is 18.9 Å². The first-order valence-electron chi connectivity index (χ1n) is 8.76. The zero-order chi connectivity index (χ0) is 19.6. The predicted molar refractivity (Wildman–Crippen MR) is 111 cm³/mol. The first-order valence-corrected chi connectivity index (χ1v) is 9.17. The second kappa shape index (κ2) is 10.5. The highest BCUT2D eigenvalue weighted by atomic mass is 32.1. The van der Waals surface area contributed by atoms with E-state index in [1.54, 1.807) is 14.2 Å². The maximum Gasteiger partial charge on any atom is 0.171 e. The van der Waals surface area contributed by atoms with E-state index in [0.717, 1.165) is 22.7 Å². The standard InChI is InChI=1S/C20H26N2O4S/c1-5-25-18-9-7-14(11-19(18)26-6-2)13-21-20(27)22-16-12-15(23-3)8-10-17(16)24-4/h7-12H,5-6,13H2,1-4H3,(H2,21,22,27). The van der Waals surface area contributed by atoms with Crippen molar-refractivity contribution in [2.75, 3.05) is 32.8 Å². The molecule has 0 saturated carbocycles. The average molecular weight is 391 g/mol. The largest absolute Gasteiger partial charge is 0.497 e. The highest BCUT2D eigenvalue weighted by Gasteiger charge is 2.09. The van der Waals surface area contributed by atoms with Gasteiger partial charge in [-0.2, -0.15) is 0 Å². The second-order valence-electron chi connectivity index (χ2n) is 5.52. The molecule has 0 atom stereocenters. The van der Waals surface area contributed by atoms with E-state index in [4.69, 9.17) is 31.2 Å². The summed E-state index contributed by atoms with van der Waals surface area (Å²) in [6, 6.07) is 11.3. The Morgan fingerprint density at radius 3 is 2.26 bits per heavy atom. The first-order chi connectivity index (χ1) is 13.1. The molecule has 2 N–H and O–H groups in total. The lowest BCUT2D eigenvalue weighted by atomic mass is 10.2. The molecule has 146 valence electrons. The van der Waals surface area contributed by atoms with Crippen molar-refractivity contribution >= 4 is 23.0 Å². The lowest BCUT2D eigenvalue weighted by molar-refractivity contribution is 0.287. The van der Waals surface area contributed by atoms with Gasteiger partial charge in [-0.05, 0) is 55.9 Å². The molecule has 0 spiro atoms. The van der Waals surface area contributed by atoms with E-state index >= 15 is 0 Å². The van der Waals surface area contributed by atoms with Crippen LogP contribution in [0.5, 0.6) is 23.0 Å². The summed E-state index contributed by atoms with van der Waals surface area (Å²) >= 11 is 5.40. The topological polar surface area (TPSA) is 61.0 Å². The van der Waals surface area contributed by atoms with Crippen LogP contribution < -0.4 is 29.6 Å². The van der Waals surface area contributed by atoms with Crippen LogP contribution in [0.25, 0.3) is 0 Å². The van der Waals surface area contributed by atoms with Crippen molar-refractivity contribution in [3.05, 3.63) is 42.0 Å². The Morgan fingerprint density at radius 1 is 0.889 bits per heavy atom. The second-order valence-corrected chi connectivity index (χ2v) is 5.93. The molecule has 2 rings (SSSR count). The molecular weight excluding hydrogens is 364 g/mol. The number of hydrogen-bond donors (Lipinski definition) is 2. The van der Waals surface area contributed by atoms with Crippen LogP contribution in [0.2, 0.25) is 0 Å². The van der Waals surface area contributed by atoms with E-state index in [1.807, 2.05) is 50.2 Å². The molecule has 7 heteroatoms. The number of rotatable bonds is 9. The maximum absolute atomic E-state index is 5.66. The molecule has 0 amide bonds. The molecule has 0 heterocycles.